The van der Waals surface area contributed by atoms with Crippen molar-refractivity contribution in [3.8, 4) is 0 Å². The van der Waals surface area contributed by atoms with Crippen LogP contribution in [0.25, 0.3) is 0 Å². The average molecular weight is 347 g/mol. The molecule has 2 rings (SSSR count). The molecule has 10 heteroatoms. The molecule has 0 aliphatic carbocycles. The summed E-state index contributed by atoms with van der Waals surface area (Å²) in [5.74, 6) is -1.15. The summed E-state index contributed by atoms with van der Waals surface area (Å²) >= 11 is 0. The van der Waals surface area contributed by atoms with E-state index in [0.29, 0.717) is 12.8 Å². The first kappa shape index (κ1) is 17.7. The lowest BCUT2D eigenvalue weighted by Gasteiger charge is -2.37. The highest BCUT2D eigenvalue weighted by Crippen LogP contribution is 2.32. The normalized spacial score (nSPS) is 22.9. The summed E-state index contributed by atoms with van der Waals surface area (Å²) in [6.07, 6.45) is 0.619. The van der Waals surface area contributed by atoms with Crippen LogP contribution in [0.2, 0.25) is 0 Å². The molecule has 1 fully saturated rings. The van der Waals surface area contributed by atoms with Gasteiger partial charge in [0.25, 0.3) is 15.7 Å². The number of ether oxygens (including phenoxy) is 1. The molecule has 1 aliphatic heterocycles. The molecule has 2 N–H and O–H groups in total. The lowest BCUT2D eigenvalue weighted by atomic mass is 10.0. The molecule has 2 unspecified atom stereocenters. The predicted octanol–water partition coefficient (Wildman–Crippen LogP) is 0.861. The summed E-state index contributed by atoms with van der Waals surface area (Å²) in [6, 6.07) is 2.36. The van der Waals surface area contributed by atoms with Crippen molar-refractivity contribution in [3.63, 3.8) is 0 Å². The molecule has 0 radical (unpaired) electrons. The third kappa shape index (κ3) is 3.34. The smallest absolute Gasteiger partial charge is 0.292 e. The molecule has 1 heterocycles. The third-order valence-corrected chi connectivity index (χ3v) is 5.95. The second-order valence-electron chi connectivity index (χ2n) is 5.23. The van der Waals surface area contributed by atoms with E-state index in [1.807, 2.05) is 0 Å². The van der Waals surface area contributed by atoms with Crippen molar-refractivity contribution in [1.29, 1.82) is 0 Å². The number of benzene rings is 1. The summed E-state index contributed by atoms with van der Waals surface area (Å²) in [5.41, 5.74) is 4.85. The summed E-state index contributed by atoms with van der Waals surface area (Å²) in [6.45, 7) is 0.0789. The molecule has 0 aromatic heterocycles. The average Bonchev–Trinajstić information content (AvgIpc) is 2.53. The molecule has 128 valence electrons. The summed E-state index contributed by atoms with van der Waals surface area (Å²) in [7, 11) is -2.86. The van der Waals surface area contributed by atoms with Gasteiger partial charge in [-0.05, 0) is 18.9 Å². The van der Waals surface area contributed by atoms with Gasteiger partial charge in [-0.3, -0.25) is 10.1 Å². The Kier molecular flexibility index (Phi) is 5.30. The van der Waals surface area contributed by atoms with Gasteiger partial charge < -0.3 is 10.5 Å². The molecule has 8 nitrogen and oxygen atoms in total. The fourth-order valence-electron chi connectivity index (χ4n) is 2.75. The number of rotatable bonds is 5. The van der Waals surface area contributed by atoms with Crippen molar-refractivity contribution in [1.82, 2.24) is 4.31 Å². The van der Waals surface area contributed by atoms with E-state index < -0.39 is 37.4 Å². The molecule has 0 bridgehead atoms. The minimum absolute atomic E-state index is 0.0152. The van der Waals surface area contributed by atoms with Gasteiger partial charge >= 0.3 is 0 Å². The molecule has 0 amide bonds. The van der Waals surface area contributed by atoms with Crippen LogP contribution in [0.4, 0.5) is 10.1 Å². The molecular weight excluding hydrogens is 329 g/mol. The van der Waals surface area contributed by atoms with Gasteiger partial charge in [0, 0.05) is 32.3 Å². The van der Waals surface area contributed by atoms with Crippen LogP contribution in [0.3, 0.4) is 0 Å². The van der Waals surface area contributed by atoms with E-state index in [-0.39, 0.29) is 19.2 Å². The van der Waals surface area contributed by atoms with Crippen molar-refractivity contribution < 1.29 is 22.5 Å². The quantitative estimate of drug-likeness (QED) is 0.624. The molecule has 1 saturated heterocycles. The predicted molar refractivity (Wildman–Crippen MR) is 79.8 cm³/mol. The maximum Gasteiger partial charge on any atom is 0.292 e. The fourth-order valence-corrected chi connectivity index (χ4v) is 4.62. The number of hydrogen-bond acceptors (Lipinski definition) is 6. The van der Waals surface area contributed by atoms with Crippen LogP contribution in [-0.2, 0) is 14.8 Å². The van der Waals surface area contributed by atoms with Gasteiger partial charge in [-0.15, -0.1) is 0 Å². The lowest BCUT2D eigenvalue weighted by molar-refractivity contribution is -0.388. The van der Waals surface area contributed by atoms with Crippen molar-refractivity contribution in [2.75, 3.05) is 20.2 Å². The first-order valence-electron chi connectivity index (χ1n) is 7.00. The number of halogens is 1. The highest BCUT2D eigenvalue weighted by Gasteiger charge is 2.41. The molecule has 0 spiro atoms. The topological polar surface area (TPSA) is 116 Å². The number of sulfonamides is 1. The Morgan fingerprint density at radius 2 is 2.22 bits per heavy atom. The van der Waals surface area contributed by atoms with E-state index in [1.54, 1.807) is 0 Å². The first-order valence-corrected chi connectivity index (χ1v) is 8.44. The number of hydrogen-bond donors (Lipinski definition) is 1. The number of nitrogens with zero attached hydrogens (tertiary/aromatic N) is 2. The van der Waals surface area contributed by atoms with Crippen LogP contribution in [0, 0.1) is 15.9 Å². The van der Waals surface area contributed by atoms with E-state index in [9.17, 15) is 22.9 Å². The lowest BCUT2D eigenvalue weighted by Crippen LogP contribution is -2.51. The minimum Gasteiger partial charge on any atom is -0.381 e. The summed E-state index contributed by atoms with van der Waals surface area (Å²) < 4.78 is 45.9. The molecule has 23 heavy (non-hydrogen) atoms. The van der Waals surface area contributed by atoms with E-state index in [4.69, 9.17) is 10.5 Å². The Balaban J connectivity index is 2.49. The Morgan fingerprint density at radius 1 is 1.52 bits per heavy atom. The third-order valence-electron chi connectivity index (χ3n) is 3.93. The highest BCUT2D eigenvalue weighted by atomic mass is 32.2. The van der Waals surface area contributed by atoms with Gasteiger partial charge in [0.05, 0.1) is 11.0 Å². The van der Waals surface area contributed by atoms with Crippen LogP contribution in [0.1, 0.15) is 12.8 Å². The molecule has 1 aliphatic rings. The molecular formula is C13H18FN3O5S. The first-order chi connectivity index (χ1) is 10.8. The van der Waals surface area contributed by atoms with Gasteiger partial charge in [0.1, 0.15) is 5.82 Å². The van der Waals surface area contributed by atoms with Crippen molar-refractivity contribution in [2.45, 2.75) is 29.9 Å². The van der Waals surface area contributed by atoms with Crippen LogP contribution in [-0.4, -0.2) is 50.0 Å². The largest absolute Gasteiger partial charge is 0.381 e. The molecule has 2 atom stereocenters. The Hall–Kier alpha value is -1.62. The van der Waals surface area contributed by atoms with Crippen molar-refractivity contribution in [3.05, 3.63) is 34.1 Å². The highest BCUT2D eigenvalue weighted by molar-refractivity contribution is 7.89. The summed E-state index contributed by atoms with van der Waals surface area (Å²) in [5, 5.41) is 11.1. The Labute approximate surface area is 133 Å². The molecule has 1 aromatic rings. The zero-order valence-corrected chi connectivity index (χ0v) is 13.3. The zero-order chi connectivity index (χ0) is 17.2. The van der Waals surface area contributed by atoms with Crippen molar-refractivity contribution >= 4 is 15.7 Å². The standard InChI is InChI=1S/C13H18FN3O5S/c1-22-10-5-6-16(9(7-10)8-15)23(20,21)13-11(14)3-2-4-12(13)17(18)19/h2-4,9-10H,5-8,15H2,1H3. The SMILES string of the molecule is COC1CCN(S(=O)(=O)c2c(F)cccc2[N+](=O)[O-])C(CN)C1. The van der Waals surface area contributed by atoms with Gasteiger partial charge in [-0.25, -0.2) is 12.8 Å². The van der Waals surface area contributed by atoms with Crippen LogP contribution < -0.4 is 5.73 Å². The second kappa shape index (κ2) is 6.87. The Bertz CT molecular complexity index is 697. The van der Waals surface area contributed by atoms with E-state index >= 15 is 0 Å². The number of nitro groups is 1. The summed E-state index contributed by atoms with van der Waals surface area (Å²) in [4.78, 5) is 9.24. The van der Waals surface area contributed by atoms with Crippen LogP contribution >= 0.6 is 0 Å². The maximum atomic E-state index is 14.1. The van der Waals surface area contributed by atoms with E-state index in [1.165, 1.54) is 7.11 Å². The monoisotopic (exact) mass is 347 g/mol. The van der Waals surface area contributed by atoms with E-state index in [0.717, 1.165) is 22.5 Å². The van der Waals surface area contributed by atoms with Crippen LogP contribution in [0.5, 0.6) is 0 Å². The minimum atomic E-state index is -4.38. The number of nitrogens with two attached hydrogens (primary N) is 1. The van der Waals surface area contributed by atoms with Crippen LogP contribution in [0.15, 0.2) is 23.1 Å². The number of piperidine rings is 1. The number of methoxy groups -OCH3 is 1. The van der Waals surface area contributed by atoms with E-state index in [2.05, 4.69) is 0 Å². The molecule has 0 saturated carbocycles. The van der Waals surface area contributed by atoms with Gasteiger partial charge in [-0.2, -0.15) is 4.31 Å². The van der Waals surface area contributed by atoms with Gasteiger partial charge in [0.2, 0.25) is 0 Å². The second-order valence-corrected chi connectivity index (χ2v) is 7.06. The fraction of sp³-hybridized carbons (Fsp3) is 0.538. The number of nitro benzene ring substituents is 1. The zero-order valence-electron chi connectivity index (χ0n) is 12.5. The van der Waals surface area contributed by atoms with Crippen molar-refractivity contribution in [2.24, 2.45) is 5.73 Å². The van der Waals surface area contributed by atoms with Gasteiger partial charge in [0.15, 0.2) is 4.90 Å². The maximum absolute atomic E-state index is 14.1. The Morgan fingerprint density at radius 3 is 2.78 bits per heavy atom. The molecule has 1 aromatic carbocycles. The van der Waals surface area contributed by atoms with Gasteiger partial charge in [-0.1, -0.05) is 6.07 Å².